The molecule has 110 valence electrons. The average molecular weight is 303 g/mol. The minimum Gasteiger partial charge on any atom is -0.348 e. The highest BCUT2D eigenvalue weighted by Gasteiger charge is 2.26. The summed E-state index contributed by atoms with van der Waals surface area (Å²) in [5.41, 5.74) is 0. The zero-order chi connectivity index (χ0) is 14.8. The van der Waals surface area contributed by atoms with Gasteiger partial charge in [-0.3, -0.25) is 9.59 Å². The fraction of sp³-hybridized carbons (Fsp3) is 0.400. The second-order valence-corrected chi connectivity index (χ2v) is 6.34. The van der Waals surface area contributed by atoms with E-state index >= 15 is 0 Å². The molecule has 2 aromatic heterocycles. The molecule has 1 aliphatic rings. The minimum atomic E-state index is 0.00979. The lowest BCUT2D eigenvalue weighted by Gasteiger charge is -2.30. The van der Waals surface area contributed by atoms with Crippen molar-refractivity contribution >= 4 is 23.0 Å². The molecule has 21 heavy (non-hydrogen) atoms. The van der Waals surface area contributed by atoms with E-state index in [-0.39, 0.29) is 11.7 Å². The summed E-state index contributed by atoms with van der Waals surface area (Å²) < 4.78 is 0. The molecule has 0 bridgehead atoms. The Bertz CT molecular complexity index is 640. The van der Waals surface area contributed by atoms with Gasteiger partial charge in [0, 0.05) is 31.4 Å². The number of carbonyl (C=O) groups excluding carboxylic acids is 2. The lowest BCUT2D eigenvalue weighted by Crippen LogP contribution is -2.37. The van der Waals surface area contributed by atoms with E-state index in [2.05, 4.69) is 9.97 Å². The first-order valence-corrected chi connectivity index (χ1v) is 7.86. The summed E-state index contributed by atoms with van der Waals surface area (Å²) in [6.07, 6.45) is 5.44. The monoisotopic (exact) mass is 303 g/mol. The number of piperidine rings is 1. The molecule has 1 N–H and O–H groups in total. The van der Waals surface area contributed by atoms with Crippen molar-refractivity contribution in [1.82, 2.24) is 14.9 Å². The van der Waals surface area contributed by atoms with E-state index in [0.29, 0.717) is 15.7 Å². The number of hydrogen-bond acceptors (Lipinski definition) is 4. The van der Waals surface area contributed by atoms with Gasteiger partial charge in [-0.15, -0.1) is 11.3 Å². The number of rotatable bonds is 3. The number of imidazole rings is 1. The molecule has 0 radical (unpaired) electrons. The van der Waals surface area contributed by atoms with Crippen LogP contribution in [-0.4, -0.2) is 39.6 Å². The number of ketones is 1. The molecule has 1 amide bonds. The Kier molecular flexibility index (Phi) is 3.88. The quantitative estimate of drug-likeness (QED) is 0.887. The number of nitrogens with zero attached hydrogens (tertiary/aromatic N) is 2. The normalized spacial score (nSPS) is 16.1. The zero-order valence-corrected chi connectivity index (χ0v) is 12.7. The number of hydrogen-bond donors (Lipinski definition) is 1. The highest BCUT2D eigenvalue weighted by molar-refractivity contribution is 7.15. The van der Waals surface area contributed by atoms with E-state index < -0.39 is 0 Å². The summed E-state index contributed by atoms with van der Waals surface area (Å²) in [6.45, 7) is 2.99. The first-order valence-electron chi connectivity index (χ1n) is 7.04. The number of amides is 1. The van der Waals surface area contributed by atoms with Crippen molar-refractivity contribution in [2.24, 2.45) is 0 Å². The Morgan fingerprint density at radius 3 is 2.57 bits per heavy atom. The highest BCUT2D eigenvalue weighted by Crippen LogP contribution is 2.27. The fourth-order valence-corrected chi connectivity index (χ4v) is 3.52. The Hall–Kier alpha value is -1.95. The second-order valence-electron chi connectivity index (χ2n) is 5.26. The van der Waals surface area contributed by atoms with Gasteiger partial charge in [-0.25, -0.2) is 4.98 Å². The van der Waals surface area contributed by atoms with Crippen LogP contribution in [0.15, 0.2) is 24.5 Å². The van der Waals surface area contributed by atoms with Gasteiger partial charge in [0.25, 0.3) is 5.91 Å². The van der Waals surface area contributed by atoms with Crippen LogP contribution in [0.3, 0.4) is 0 Å². The third-order valence-corrected chi connectivity index (χ3v) is 5.03. The summed E-state index contributed by atoms with van der Waals surface area (Å²) >= 11 is 1.28. The molecule has 5 nitrogen and oxygen atoms in total. The Balaban J connectivity index is 1.63. The van der Waals surface area contributed by atoms with Gasteiger partial charge >= 0.3 is 0 Å². The van der Waals surface area contributed by atoms with Crippen molar-refractivity contribution in [1.29, 1.82) is 0 Å². The fourth-order valence-electron chi connectivity index (χ4n) is 2.65. The van der Waals surface area contributed by atoms with Gasteiger partial charge in [-0.05, 0) is 31.9 Å². The maximum Gasteiger partial charge on any atom is 0.263 e. The SMILES string of the molecule is CC(=O)c1ccc(C(=O)N2CCC(c3ncc[nH]3)CC2)s1. The lowest BCUT2D eigenvalue weighted by molar-refractivity contribution is 0.0716. The minimum absolute atomic E-state index is 0.00979. The molecule has 0 saturated carbocycles. The Labute approximate surface area is 127 Å². The molecule has 0 aromatic carbocycles. The molecule has 2 aromatic rings. The lowest BCUT2D eigenvalue weighted by atomic mass is 9.96. The van der Waals surface area contributed by atoms with Crippen molar-refractivity contribution in [3.8, 4) is 0 Å². The standard InChI is InChI=1S/C15H17N3O2S/c1-10(19)12-2-3-13(21-12)15(20)18-8-4-11(5-9-18)14-16-6-7-17-14/h2-3,6-7,11H,4-5,8-9H2,1H3,(H,16,17). The van der Waals surface area contributed by atoms with Gasteiger partial charge in [0.15, 0.2) is 5.78 Å². The zero-order valence-electron chi connectivity index (χ0n) is 11.8. The number of likely N-dealkylation sites (tertiary alicyclic amines) is 1. The number of carbonyl (C=O) groups is 2. The van der Waals surface area contributed by atoms with Gasteiger partial charge in [0.2, 0.25) is 0 Å². The Morgan fingerprint density at radius 2 is 2.00 bits per heavy atom. The molecular formula is C15H17N3O2S. The van der Waals surface area contributed by atoms with Crippen LogP contribution >= 0.6 is 11.3 Å². The third kappa shape index (κ3) is 2.90. The first kappa shape index (κ1) is 14.0. The maximum absolute atomic E-state index is 12.4. The average Bonchev–Trinajstić information content (AvgIpc) is 3.18. The predicted octanol–water partition coefficient (Wildman–Crippen LogP) is 2.69. The van der Waals surface area contributed by atoms with Crippen LogP contribution in [0, 0.1) is 0 Å². The van der Waals surface area contributed by atoms with Crippen LogP contribution in [-0.2, 0) is 0 Å². The molecule has 0 unspecified atom stereocenters. The van der Waals surface area contributed by atoms with Crippen molar-refractivity contribution in [3.63, 3.8) is 0 Å². The molecule has 0 aliphatic carbocycles. The van der Waals surface area contributed by atoms with Gasteiger partial charge in [-0.2, -0.15) is 0 Å². The largest absolute Gasteiger partial charge is 0.348 e. The van der Waals surface area contributed by atoms with Crippen molar-refractivity contribution in [2.75, 3.05) is 13.1 Å². The molecular weight excluding hydrogens is 286 g/mol. The van der Waals surface area contributed by atoms with Crippen molar-refractivity contribution in [3.05, 3.63) is 40.1 Å². The molecule has 3 rings (SSSR count). The van der Waals surface area contributed by atoms with Crippen LogP contribution in [0.5, 0.6) is 0 Å². The summed E-state index contributed by atoms with van der Waals surface area (Å²) in [5, 5.41) is 0. The van der Waals surface area contributed by atoms with Crippen LogP contribution in [0.4, 0.5) is 0 Å². The van der Waals surface area contributed by atoms with Crippen LogP contribution in [0.1, 0.15) is 50.9 Å². The van der Waals surface area contributed by atoms with Crippen LogP contribution in [0.25, 0.3) is 0 Å². The van der Waals surface area contributed by atoms with E-state index in [1.54, 1.807) is 18.3 Å². The molecule has 1 fully saturated rings. The highest BCUT2D eigenvalue weighted by atomic mass is 32.1. The number of H-pyrrole nitrogens is 1. The summed E-state index contributed by atoms with van der Waals surface area (Å²) in [5.74, 6) is 1.46. The van der Waals surface area contributed by atoms with Crippen LogP contribution in [0.2, 0.25) is 0 Å². The topological polar surface area (TPSA) is 66.1 Å². The molecule has 1 aliphatic heterocycles. The second kappa shape index (κ2) is 5.81. The van der Waals surface area contributed by atoms with E-state index in [0.717, 1.165) is 31.8 Å². The van der Waals surface area contributed by atoms with Gasteiger partial charge in [-0.1, -0.05) is 0 Å². The van der Waals surface area contributed by atoms with Crippen molar-refractivity contribution < 1.29 is 9.59 Å². The van der Waals surface area contributed by atoms with Gasteiger partial charge in [0.05, 0.1) is 9.75 Å². The van der Waals surface area contributed by atoms with E-state index in [1.807, 2.05) is 11.1 Å². The van der Waals surface area contributed by atoms with Crippen molar-refractivity contribution in [2.45, 2.75) is 25.7 Å². The van der Waals surface area contributed by atoms with E-state index in [1.165, 1.54) is 18.3 Å². The molecule has 0 spiro atoms. The van der Waals surface area contributed by atoms with Gasteiger partial charge in [0.1, 0.15) is 5.82 Å². The van der Waals surface area contributed by atoms with Gasteiger partial charge < -0.3 is 9.88 Å². The molecule has 1 saturated heterocycles. The smallest absolute Gasteiger partial charge is 0.263 e. The Morgan fingerprint density at radius 1 is 1.29 bits per heavy atom. The molecule has 0 atom stereocenters. The summed E-state index contributed by atoms with van der Waals surface area (Å²) in [4.78, 5) is 34.3. The first-order chi connectivity index (χ1) is 10.1. The summed E-state index contributed by atoms with van der Waals surface area (Å²) in [6, 6.07) is 3.48. The van der Waals surface area contributed by atoms with Crippen LogP contribution < -0.4 is 0 Å². The number of nitrogens with one attached hydrogen (secondary N) is 1. The summed E-state index contributed by atoms with van der Waals surface area (Å²) in [7, 11) is 0. The number of aromatic nitrogens is 2. The molecule has 3 heterocycles. The predicted molar refractivity (Wildman–Crippen MR) is 80.8 cm³/mol. The number of Topliss-reactive ketones (excluding diaryl/α,β-unsaturated/α-hetero) is 1. The number of aromatic amines is 1. The van der Waals surface area contributed by atoms with E-state index in [9.17, 15) is 9.59 Å². The third-order valence-electron chi connectivity index (χ3n) is 3.85. The maximum atomic E-state index is 12.4. The van der Waals surface area contributed by atoms with E-state index in [4.69, 9.17) is 0 Å². The number of thiophene rings is 1. The molecule has 6 heteroatoms.